The molecule has 14 heavy (non-hydrogen) atoms. The van der Waals surface area contributed by atoms with E-state index in [1.54, 1.807) is 0 Å². The van der Waals surface area contributed by atoms with Crippen molar-refractivity contribution < 1.29 is 8.78 Å². The van der Waals surface area contributed by atoms with Gasteiger partial charge >= 0.3 is 0 Å². The Labute approximate surface area is 93.2 Å². The first-order chi connectivity index (χ1) is 6.65. The first-order valence-corrected chi connectivity index (χ1v) is 5.57. The molecule has 0 spiro atoms. The first kappa shape index (κ1) is 11.5. The van der Waals surface area contributed by atoms with Crippen molar-refractivity contribution in [2.45, 2.75) is 11.3 Å². The van der Waals surface area contributed by atoms with Crippen molar-refractivity contribution in [3.63, 3.8) is 0 Å². The number of rotatable bonds is 3. The van der Waals surface area contributed by atoms with Gasteiger partial charge in [0, 0.05) is 21.5 Å². The number of nitrogens with zero attached hydrogens (tertiary/aromatic N) is 1. The molecule has 0 bridgehead atoms. The molecule has 74 valence electrons. The van der Waals surface area contributed by atoms with Gasteiger partial charge in [-0.15, -0.1) is 11.8 Å². The van der Waals surface area contributed by atoms with Crippen LogP contribution >= 0.6 is 27.7 Å². The Morgan fingerprint density at radius 1 is 1.36 bits per heavy atom. The van der Waals surface area contributed by atoms with Crippen LogP contribution in [0.3, 0.4) is 0 Å². The normalized spacial score (nSPS) is 9.86. The zero-order valence-electron chi connectivity index (χ0n) is 7.06. The Morgan fingerprint density at radius 3 is 2.64 bits per heavy atom. The number of hydrogen-bond donors (Lipinski definition) is 0. The summed E-state index contributed by atoms with van der Waals surface area (Å²) in [6, 6.07) is 4.19. The third-order valence-electron chi connectivity index (χ3n) is 1.45. The lowest BCUT2D eigenvalue weighted by Gasteiger charge is -2.03. The zero-order valence-corrected chi connectivity index (χ0v) is 9.46. The second kappa shape index (κ2) is 5.32. The van der Waals surface area contributed by atoms with E-state index in [1.807, 2.05) is 6.07 Å². The van der Waals surface area contributed by atoms with Crippen molar-refractivity contribution in [2.75, 3.05) is 5.75 Å². The maximum atomic E-state index is 12.8. The molecule has 0 fully saturated rings. The average molecular weight is 278 g/mol. The number of halogens is 3. The number of thioether (sulfide) groups is 1. The molecule has 0 saturated carbocycles. The van der Waals surface area contributed by atoms with Crippen molar-refractivity contribution >= 4 is 27.7 Å². The highest BCUT2D eigenvalue weighted by atomic mass is 79.9. The summed E-state index contributed by atoms with van der Waals surface area (Å²) in [5.41, 5.74) is 0. The van der Waals surface area contributed by atoms with Crippen LogP contribution < -0.4 is 0 Å². The van der Waals surface area contributed by atoms with Gasteiger partial charge in [-0.1, -0.05) is 0 Å². The Kier molecular flexibility index (Phi) is 4.36. The highest BCUT2D eigenvalue weighted by Crippen LogP contribution is 2.29. The smallest absolute Gasteiger partial charge is 0.160 e. The fourth-order valence-corrected chi connectivity index (χ4v) is 2.28. The summed E-state index contributed by atoms with van der Waals surface area (Å²) in [5, 5.41) is 8.30. The largest absolute Gasteiger partial charge is 0.204 e. The summed E-state index contributed by atoms with van der Waals surface area (Å²) in [5.74, 6) is -1.17. The maximum Gasteiger partial charge on any atom is 0.160 e. The van der Waals surface area contributed by atoms with Gasteiger partial charge in [0.05, 0.1) is 6.07 Å². The number of benzene rings is 1. The second-order valence-electron chi connectivity index (χ2n) is 2.45. The topological polar surface area (TPSA) is 23.8 Å². The fraction of sp³-hybridized carbons (Fsp3) is 0.222. The van der Waals surface area contributed by atoms with E-state index in [4.69, 9.17) is 5.26 Å². The molecule has 0 amide bonds. The summed E-state index contributed by atoms with van der Waals surface area (Å²) in [6.07, 6.45) is 0.385. The minimum atomic E-state index is -0.874. The third kappa shape index (κ3) is 2.96. The Bertz CT molecular complexity index is 376. The molecule has 1 aromatic carbocycles. The molecule has 1 aromatic rings. The molecule has 1 nitrogen and oxygen atoms in total. The maximum absolute atomic E-state index is 12.8. The van der Waals surface area contributed by atoms with Crippen LogP contribution in [0.2, 0.25) is 0 Å². The van der Waals surface area contributed by atoms with Gasteiger partial charge in [-0.25, -0.2) is 8.78 Å². The van der Waals surface area contributed by atoms with Gasteiger partial charge in [0.15, 0.2) is 11.6 Å². The molecular weight excluding hydrogens is 272 g/mol. The fourth-order valence-electron chi connectivity index (χ4n) is 0.822. The quantitative estimate of drug-likeness (QED) is 0.478. The van der Waals surface area contributed by atoms with Gasteiger partial charge in [-0.05, 0) is 28.1 Å². The first-order valence-electron chi connectivity index (χ1n) is 3.79. The molecule has 0 aromatic heterocycles. The lowest BCUT2D eigenvalue weighted by Crippen LogP contribution is -1.87. The van der Waals surface area contributed by atoms with Crippen molar-refractivity contribution in [2.24, 2.45) is 0 Å². The molecule has 0 heterocycles. The third-order valence-corrected chi connectivity index (χ3v) is 3.42. The van der Waals surface area contributed by atoms with Crippen LogP contribution in [0, 0.1) is 23.0 Å². The van der Waals surface area contributed by atoms with Gasteiger partial charge in [-0.3, -0.25) is 0 Å². The minimum Gasteiger partial charge on any atom is -0.204 e. The molecule has 1 rings (SSSR count). The Hall–Kier alpha value is -0.600. The van der Waals surface area contributed by atoms with Crippen LogP contribution in [0.25, 0.3) is 0 Å². The number of hydrogen-bond acceptors (Lipinski definition) is 2. The van der Waals surface area contributed by atoms with E-state index in [0.717, 1.165) is 12.1 Å². The van der Waals surface area contributed by atoms with Crippen molar-refractivity contribution in [3.8, 4) is 6.07 Å². The van der Waals surface area contributed by atoms with Gasteiger partial charge in [0.25, 0.3) is 0 Å². The lowest BCUT2D eigenvalue weighted by atomic mass is 10.3. The van der Waals surface area contributed by atoms with Crippen LogP contribution in [0.1, 0.15) is 6.42 Å². The molecule has 0 saturated heterocycles. The molecule has 0 N–H and O–H groups in total. The van der Waals surface area contributed by atoms with E-state index in [1.165, 1.54) is 11.8 Å². The highest BCUT2D eigenvalue weighted by molar-refractivity contribution is 9.10. The second-order valence-corrected chi connectivity index (χ2v) is 4.44. The minimum absolute atomic E-state index is 0.385. The predicted octanol–water partition coefficient (Wildman–Crippen LogP) is 3.73. The van der Waals surface area contributed by atoms with Gasteiger partial charge < -0.3 is 0 Å². The summed E-state index contributed by atoms with van der Waals surface area (Å²) < 4.78 is 26.0. The summed E-state index contributed by atoms with van der Waals surface area (Å²) >= 11 is 4.44. The van der Waals surface area contributed by atoms with Crippen LogP contribution in [0.4, 0.5) is 8.78 Å². The molecule has 0 aliphatic carbocycles. The summed E-state index contributed by atoms with van der Waals surface area (Å²) in [4.78, 5) is 0.610. The molecule has 0 aliphatic heterocycles. The van der Waals surface area contributed by atoms with E-state index in [2.05, 4.69) is 15.9 Å². The van der Waals surface area contributed by atoms with E-state index in [-0.39, 0.29) is 0 Å². The van der Waals surface area contributed by atoms with Crippen molar-refractivity contribution in [1.29, 1.82) is 5.26 Å². The monoisotopic (exact) mass is 277 g/mol. The molecule has 0 unspecified atom stereocenters. The van der Waals surface area contributed by atoms with Gasteiger partial charge in [0.1, 0.15) is 0 Å². The molecule has 0 aliphatic rings. The van der Waals surface area contributed by atoms with Crippen LogP contribution in [-0.2, 0) is 0 Å². The lowest BCUT2D eigenvalue weighted by molar-refractivity contribution is 0.505. The van der Waals surface area contributed by atoms with Crippen molar-refractivity contribution in [1.82, 2.24) is 0 Å². The highest BCUT2D eigenvalue weighted by Gasteiger charge is 2.07. The molecule has 5 heteroatoms. The Balaban J connectivity index is 2.78. The van der Waals surface area contributed by atoms with Crippen LogP contribution in [0.15, 0.2) is 21.5 Å². The van der Waals surface area contributed by atoms with E-state index < -0.39 is 11.6 Å². The average Bonchev–Trinajstić information content (AvgIpc) is 2.14. The van der Waals surface area contributed by atoms with E-state index in [0.29, 0.717) is 21.5 Å². The standard InChI is InChI=1S/C9H6BrF2NS/c10-6-4-7(11)8(12)5-9(6)14-3-1-2-13/h4-5H,1,3H2. The summed E-state index contributed by atoms with van der Waals surface area (Å²) in [6.45, 7) is 0. The van der Waals surface area contributed by atoms with Crippen LogP contribution in [-0.4, -0.2) is 5.75 Å². The predicted molar refractivity (Wildman–Crippen MR) is 55.0 cm³/mol. The zero-order chi connectivity index (χ0) is 10.6. The number of nitriles is 1. The molecule has 0 atom stereocenters. The van der Waals surface area contributed by atoms with Crippen LogP contribution in [0.5, 0.6) is 0 Å². The molecular formula is C9H6BrF2NS. The Morgan fingerprint density at radius 2 is 2.00 bits per heavy atom. The summed E-state index contributed by atoms with van der Waals surface area (Å²) in [7, 11) is 0. The van der Waals surface area contributed by atoms with E-state index >= 15 is 0 Å². The van der Waals surface area contributed by atoms with E-state index in [9.17, 15) is 8.78 Å². The van der Waals surface area contributed by atoms with Gasteiger partial charge in [-0.2, -0.15) is 5.26 Å². The SMILES string of the molecule is N#CCCSc1cc(F)c(F)cc1Br. The van der Waals surface area contributed by atoms with Gasteiger partial charge in [0.2, 0.25) is 0 Å². The molecule has 0 radical (unpaired) electrons. The van der Waals surface area contributed by atoms with Crippen molar-refractivity contribution in [3.05, 3.63) is 28.2 Å².